The molecule has 3 rings (SSSR count). The van der Waals surface area contributed by atoms with E-state index in [2.05, 4.69) is 15.3 Å². The summed E-state index contributed by atoms with van der Waals surface area (Å²) >= 11 is 0. The molecule has 0 radical (unpaired) electrons. The van der Waals surface area contributed by atoms with E-state index in [-0.39, 0.29) is 17.9 Å². The standard InChI is InChI=1S/C17H22N4O3/c1-21-9-8-18-15(21)14(12-5-10-24-11-6-12)20-16(22)13-4-3-7-19-17(13)23-2/h3-4,7-9,12,14H,5-6,10-11H2,1-2H3,(H,20,22). The van der Waals surface area contributed by atoms with E-state index in [1.54, 1.807) is 24.5 Å². The minimum Gasteiger partial charge on any atom is -0.480 e. The van der Waals surface area contributed by atoms with E-state index in [1.165, 1.54) is 7.11 Å². The summed E-state index contributed by atoms with van der Waals surface area (Å²) in [6, 6.07) is 3.26. The van der Waals surface area contributed by atoms with Gasteiger partial charge in [-0.05, 0) is 30.9 Å². The summed E-state index contributed by atoms with van der Waals surface area (Å²) in [4.78, 5) is 21.3. The van der Waals surface area contributed by atoms with Gasteiger partial charge < -0.3 is 19.4 Å². The van der Waals surface area contributed by atoms with Crippen LogP contribution in [-0.4, -0.2) is 40.8 Å². The van der Waals surface area contributed by atoms with E-state index in [9.17, 15) is 4.79 Å². The van der Waals surface area contributed by atoms with Crippen LogP contribution in [0, 0.1) is 5.92 Å². The highest BCUT2D eigenvalue weighted by molar-refractivity contribution is 5.96. The van der Waals surface area contributed by atoms with Crippen LogP contribution in [0.5, 0.6) is 5.88 Å². The molecule has 7 nitrogen and oxygen atoms in total. The Balaban J connectivity index is 1.86. The number of hydrogen-bond donors (Lipinski definition) is 1. The van der Waals surface area contributed by atoms with Gasteiger partial charge in [0.25, 0.3) is 5.91 Å². The Morgan fingerprint density at radius 2 is 2.17 bits per heavy atom. The number of carbonyl (C=O) groups is 1. The first kappa shape index (κ1) is 16.4. The summed E-state index contributed by atoms with van der Waals surface area (Å²) in [7, 11) is 3.44. The second-order valence-electron chi connectivity index (χ2n) is 5.86. The molecule has 0 spiro atoms. The third-order valence-corrected chi connectivity index (χ3v) is 4.37. The lowest BCUT2D eigenvalue weighted by Gasteiger charge is -2.30. The molecule has 7 heteroatoms. The predicted molar refractivity (Wildman–Crippen MR) is 87.7 cm³/mol. The molecular weight excluding hydrogens is 308 g/mol. The molecule has 1 N–H and O–H groups in total. The Kier molecular flexibility index (Phi) is 5.10. The predicted octanol–water partition coefficient (Wildman–Crippen LogP) is 1.72. The smallest absolute Gasteiger partial charge is 0.257 e. The van der Waals surface area contributed by atoms with Crippen molar-refractivity contribution < 1.29 is 14.3 Å². The van der Waals surface area contributed by atoms with Gasteiger partial charge in [0.15, 0.2) is 0 Å². The van der Waals surface area contributed by atoms with Gasteiger partial charge >= 0.3 is 0 Å². The van der Waals surface area contributed by atoms with Crippen LogP contribution >= 0.6 is 0 Å². The van der Waals surface area contributed by atoms with Crippen LogP contribution < -0.4 is 10.1 Å². The molecule has 2 aromatic rings. The maximum Gasteiger partial charge on any atom is 0.257 e. The van der Waals surface area contributed by atoms with Gasteiger partial charge in [-0.1, -0.05) is 0 Å². The van der Waals surface area contributed by atoms with Crippen molar-refractivity contribution in [3.8, 4) is 5.88 Å². The summed E-state index contributed by atoms with van der Waals surface area (Å²) in [5.41, 5.74) is 0.422. The van der Waals surface area contributed by atoms with Crippen LogP contribution in [0.4, 0.5) is 0 Å². The van der Waals surface area contributed by atoms with Crippen LogP contribution in [-0.2, 0) is 11.8 Å². The second kappa shape index (κ2) is 7.44. The number of nitrogens with zero attached hydrogens (tertiary/aromatic N) is 3. The zero-order valence-electron chi connectivity index (χ0n) is 13.9. The van der Waals surface area contributed by atoms with Crippen molar-refractivity contribution in [1.29, 1.82) is 0 Å². The number of ether oxygens (including phenoxy) is 2. The Morgan fingerprint density at radius 1 is 1.38 bits per heavy atom. The van der Waals surface area contributed by atoms with E-state index in [0.717, 1.165) is 18.7 Å². The number of rotatable bonds is 5. The third kappa shape index (κ3) is 3.41. The maximum atomic E-state index is 12.8. The quantitative estimate of drug-likeness (QED) is 0.903. The number of nitrogens with one attached hydrogen (secondary N) is 1. The SMILES string of the molecule is COc1ncccc1C(=O)NC(c1nccn1C)C1CCOCC1. The van der Waals surface area contributed by atoms with Crippen LogP contribution in [0.2, 0.25) is 0 Å². The Bertz CT molecular complexity index is 695. The van der Waals surface area contributed by atoms with E-state index >= 15 is 0 Å². The van der Waals surface area contributed by atoms with E-state index in [0.29, 0.717) is 24.7 Å². The number of hydrogen-bond acceptors (Lipinski definition) is 5. The number of amides is 1. The van der Waals surface area contributed by atoms with Crippen LogP contribution in [0.15, 0.2) is 30.7 Å². The van der Waals surface area contributed by atoms with Crippen LogP contribution in [0.25, 0.3) is 0 Å². The van der Waals surface area contributed by atoms with Crippen molar-refractivity contribution in [2.45, 2.75) is 18.9 Å². The number of aryl methyl sites for hydroxylation is 1. The molecule has 3 heterocycles. The molecule has 1 saturated heterocycles. The monoisotopic (exact) mass is 330 g/mol. The molecular formula is C17H22N4O3. The van der Waals surface area contributed by atoms with Crippen molar-refractivity contribution in [3.05, 3.63) is 42.1 Å². The molecule has 1 aliphatic heterocycles. The molecule has 1 amide bonds. The van der Waals surface area contributed by atoms with E-state index < -0.39 is 0 Å². The minimum atomic E-state index is -0.209. The van der Waals surface area contributed by atoms with Gasteiger partial charge in [-0.3, -0.25) is 4.79 Å². The number of imidazole rings is 1. The van der Waals surface area contributed by atoms with Crippen LogP contribution in [0.3, 0.4) is 0 Å². The van der Waals surface area contributed by atoms with E-state index in [1.807, 2.05) is 17.8 Å². The van der Waals surface area contributed by atoms with Crippen molar-refractivity contribution in [3.63, 3.8) is 0 Å². The third-order valence-electron chi connectivity index (χ3n) is 4.37. The zero-order valence-corrected chi connectivity index (χ0v) is 13.9. The fourth-order valence-electron chi connectivity index (χ4n) is 3.06. The topological polar surface area (TPSA) is 78.3 Å². The highest BCUT2D eigenvalue weighted by atomic mass is 16.5. The average Bonchev–Trinajstić information content (AvgIpc) is 3.06. The lowest BCUT2D eigenvalue weighted by atomic mass is 9.91. The zero-order chi connectivity index (χ0) is 16.9. The van der Waals surface area contributed by atoms with Gasteiger partial charge in [0.2, 0.25) is 5.88 Å². The molecule has 1 unspecified atom stereocenters. The summed E-state index contributed by atoms with van der Waals surface area (Å²) in [6.45, 7) is 1.41. The van der Waals surface area contributed by atoms with Gasteiger partial charge in [-0.25, -0.2) is 9.97 Å². The molecule has 0 aliphatic carbocycles. The molecule has 24 heavy (non-hydrogen) atoms. The summed E-state index contributed by atoms with van der Waals surface area (Å²) in [5.74, 6) is 1.24. The van der Waals surface area contributed by atoms with Gasteiger partial charge in [0.1, 0.15) is 11.4 Å². The molecule has 1 fully saturated rings. The molecule has 1 atom stereocenters. The highest BCUT2D eigenvalue weighted by Crippen LogP contribution is 2.29. The first-order chi connectivity index (χ1) is 11.7. The van der Waals surface area contributed by atoms with Crippen molar-refractivity contribution in [1.82, 2.24) is 19.9 Å². The summed E-state index contributed by atoms with van der Waals surface area (Å²) < 4.78 is 12.6. The first-order valence-electron chi connectivity index (χ1n) is 8.05. The second-order valence-corrected chi connectivity index (χ2v) is 5.86. The molecule has 0 aromatic carbocycles. The molecule has 0 bridgehead atoms. The Labute approximate surface area is 141 Å². The molecule has 2 aromatic heterocycles. The number of carbonyl (C=O) groups excluding carboxylic acids is 1. The normalized spacial score (nSPS) is 16.6. The Hall–Kier alpha value is -2.41. The van der Waals surface area contributed by atoms with Gasteiger partial charge in [-0.15, -0.1) is 0 Å². The molecule has 0 saturated carbocycles. The largest absolute Gasteiger partial charge is 0.480 e. The van der Waals surface area contributed by atoms with E-state index in [4.69, 9.17) is 9.47 Å². The minimum absolute atomic E-state index is 0.175. The summed E-state index contributed by atoms with van der Waals surface area (Å²) in [5, 5.41) is 3.12. The first-order valence-corrected chi connectivity index (χ1v) is 8.05. The highest BCUT2D eigenvalue weighted by Gasteiger charge is 2.30. The van der Waals surface area contributed by atoms with Crippen LogP contribution in [0.1, 0.15) is 35.1 Å². The number of methoxy groups -OCH3 is 1. The van der Waals surface area contributed by atoms with Crippen molar-refractivity contribution in [2.75, 3.05) is 20.3 Å². The Morgan fingerprint density at radius 3 is 2.83 bits per heavy atom. The summed E-state index contributed by atoms with van der Waals surface area (Å²) in [6.07, 6.45) is 7.02. The maximum absolute atomic E-state index is 12.8. The van der Waals surface area contributed by atoms with Gasteiger partial charge in [0, 0.05) is 38.9 Å². The van der Waals surface area contributed by atoms with Gasteiger partial charge in [0.05, 0.1) is 13.2 Å². The van der Waals surface area contributed by atoms with Crippen molar-refractivity contribution >= 4 is 5.91 Å². The number of aromatic nitrogens is 3. The average molecular weight is 330 g/mol. The fourth-order valence-corrected chi connectivity index (χ4v) is 3.06. The number of pyridine rings is 1. The fraction of sp³-hybridized carbons (Fsp3) is 0.471. The molecule has 128 valence electrons. The lowest BCUT2D eigenvalue weighted by molar-refractivity contribution is 0.0498. The molecule has 1 aliphatic rings. The lowest BCUT2D eigenvalue weighted by Crippen LogP contribution is -2.37. The van der Waals surface area contributed by atoms with Gasteiger partial charge in [-0.2, -0.15) is 0 Å². The van der Waals surface area contributed by atoms with Crippen molar-refractivity contribution in [2.24, 2.45) is 13.0 Å².